The van der Waals surface area contributed by atoms with Crippen molar-refractivity contribution in [2.24, 2.45) is 0 Å². The molecule has 1 amide bonds. The highest BCUT2D eigenvalue weighted by molar-refractivity contribution is 5.91. The number of hydrogen-bond donors (Lipinski definition) is 3. The minimum absolute atomic E-state index is 0.00775. The molecular weight excluding hydrogens is 489 g/mol. The number of nitrogens with zero attached hydrogens (tertiary/aromatic N) is 4. The summed E-state index contributed by atoms with van der Waals surface area (Å²) in [5.74, 6) is 0.383. The Balaban J connectivity index is 1.27. The zero-order valence-electron chi connectivity index (χ0n) is 21.5. The summed E-state index contributed by atoms with van der Waals surface area (Å²) >= 11 is 0. The van der Waals surface area contributed by atoms with E-state index in [4.69, 9.17) is 9.47 Å². The van der Waals surface area contributed by atoms with Crippen LogP contribution in [0.2, 0.25) is 0 Å². The number of piperidine rings is 1. The molecule has 198 valence electrons. The third kappa shape index (κ3) is 6.05. The van der Waals surface area contributed by atoms with Crippen LogP contribution in [0.3, 0.4) is 0 Å². The number of benzene rings is 1. The summed E-state index contributed by atoms with van der Waals surface area (Å²) in [6.07, 6.45) is 4.50. The lowest BCUT2D eigenvalue weighted by Gasteiger charge is -2.24. The predicted octanol–water partition coefficient (Wildman–Crippen LogP) is 4.29. The Kier molecular flexibility index (Phi) is 7.19. The summed E-state index contributed by atoms with van der Waals surface area (Å²) in [7, 11) is 0. The Morgan fingerprint density at radius 2 is 1.92 bits per heavy atom. The van der Waals surface area contributed by atoms with Gasteiger partial charge in [-0.3, -0.25) is 14.9 Å². The zero-order chi connectivity index (χ0) is 26.7. The van der Waals surface area contributed by atoms with Crippen LogP contribution in [-0.2, 0) is 16.6 Å². The average Bonchev–Trinajstić information content (AvgIpc) is 3.36. The van der Waals surface area contributed by atoms with Crippen molar-refractivity contribution < 1.29 is 18.7 Å². The Morgan fingerprint density at radius 1 is 1.11 bits per heavy atom. The van der Waals surface area contributed by atoms with E-state index >= 15 is 0 Å². The number of carbonyl (C=O) groups is 1. The molecule has 10 nitrogen and oxygen atoms in total. The SMILES string of the molecule is CC(C)(C)c1cc(NC(=O)Cc2ncc(Oc3ncnc4ccc(OC5CCNCC5)cc34)cc2F)n[nH]1. The predicted molar refractivity (Wildman–Crippen MR) is 140 cm³/mol. The molecule has 0 aliphatic carbocycles. The quantitative estimate of drug-likeness (QED) is 0.330. The van der Waals surface area contributed by atoms with Gasteiger partial charge in [0.25, 0.3) is 0 Å². The molecule has 3 aromatic heterocycles. The number of hydrogen-bond acceptors (Lipinski definition) is 8. The molecule has 0 radical (unpaired) electrons. The normalized spacial score (nSPS) is 14.4. The highest BCUT2D eigenvalue weighted by atomic mass is 19.1. The van der Waals surface area contributed by atoms with Crippen LogP contribution in [0.1, 0.15) is 45.0 Å². The van der Waals surface area contributed by atoms with E-state index in [1.807, 2.05) is 39.0 Å². The van der Waals surface area contributed by atoms with Crippen LogP contribution >= 0.6 is 0 Å². The van der Waals surface area contributed by atoms with Gasteiger partial charge in [-0.1, -0.05) is 20.8 Å². The van der Waals surface area contributed by atoms with Crippen LogP contribution in [0.4, 0.5) is 10.2 Å². The van der Waals surface area contributed by atoms with Gasteiger partial charge in [0.15, 0.2) is 11.6 Å². The minimum Gasteiger partial charge on any atom is -0.490 e. The number of anilines is 1. The summed E-state index contributed by atoms with van der Waals surface area (Å²) in [4.78, 5) is 25.1. The van der Waals surface area contributed by atoms with Gasteiger partial charge in [0, 0.05) is 23.2 Å². The van der Waals surface area contributed by atoms with E-state index in [-0.39, 0.29) is 35.3 Å². The van der Waals surface area contributed by atoms with E-state index in [9.17, 15) is 9.18 Å². The first kappa shape index (κ1) is 25.5. The number of carbonyl (C=O) groups excluding carboxylic acids is 1. The second-order valence-electron chi connectivity index (χ2n) is 10.3. The van der Waals surface area contributed by atoms with Gasteiger partial charge in [-0.15, -0.1) is 0 Å². The Labute approximate surface area is 219 Å². The number of nitrogens with one attached hydrogen (secondary N) is 3. The molecule has 0 unspecified atom stereocenters. The highest BCUT2D eigenvalue weighted by Crippen LogP contribution is 2.31. The second kappa shape index (κ2) is 10.7. The van der Waals surface area contributed by atoms with Crippen molar-refractivity contribution in [1.29, 1.82) is 0 Å². The molecule has 1 aliphatic heterocycles. The number of H-pyrrole nitrogens is 1. The van der Waals surface area contributed by atoms with Gasteiger partial charge in [-0.05, 0) is 44.1 Å². The lowest BCUT2D eigenvalue weighted by molar-refractivity contribution is -0.115. The molecule has 4 heterocycles. The molecule has 4 aromatic rings. The van der Waals surface area contributed by atoms with E-state index < -0.39 is 11.7 Å². The van der Waals surface area contributed by atoms with Gasteiger partial charge in [-0.2, -0.15) is 5.10 Å². The van der Waals surface area contributed by atoms with Crippen molar-refractivity contribution in [3.05, 3.63) is 60.1 Å². The minimum atomic E-state index is -0.664. The van der Waals surface area contributed by atoms with Crippen LogP contribution in [0.25, 0.3) is 10.9 Å². The lowest BCUT2D eigenvalue weighted by Crippen LogP contribution is -2.34. The van der Waals surface area contributed by atoms with E-state index in [0.29, 0.717) is 22.5 Å². The molecule has 1 aromatic carbocycles. The lowest BCUT2D eigenvalue weighted by atomic mass is 9.92. The highest BCUT2D eigenvalue weighted by Gasteiger charge is 2.19. The molecular formula is C27H30FN7O3. The summed E-state index contributed by atoms with van der Waals surface area (Å²) in [6, 6.07) is 8.48. The molecule has 1 aliphatic rings. The Morgan fingerprint density at radius 3 is 2.66 bits per heavy atom. The topological polar surface area (TPSA) is 127 Å². The van der Waals surface area contributed by atoms with Crippen molar-refractivity contribution >= 4 is 22.6 Å². The van der Waals surface area contributed by atoms with Crippen molar-refractivity contribution in [2.75, 3.05) is 18.4 Å². The van der Waals surface area contributed by atoms with Crippen molar-refractivity contribution in [1.82, 2.24) is 30.5 Å². The number of ether oxygens (including phenoxy) is 2. The molecule has 1 saturated heterocycles. The maximum Gasteiger partial charge on any atom is 0.231 e. The van der Waals surface area contributed by atoms with Gasteiger partial charge in [0.2, 0.25) is 11.8 Å². The molecule has 0 spiro atoms. The third-order valence-electron chi connectivity index (χ3n) is 6.25. The Hall–Kier alpha value is -4.12. The van der Waals surface area contributed by atoms with Gasteiger partial charge in [0.1, 0.15) is 24.0 Å². The fraction of sp³-hybridized carbons (Fsp3) is 0.370. The smallest absolute Gasteiger partial charge is 0.231 e. The molecule has 38 heavy (non-hydrogen) atoms. The summed E-state index contributed by atoms with van der Waals surface area (Å²) in [5, 5.41) is 13.6. The maximum atomic E-state index is 14.8. The van der Waals surface area contributed by atoms with E-state index in [1.54, 1.807) is 6.07 Å². The molecule has 3 N–H and O–H groups in total. The van der Waals surface area contributed by atoms with Crippen LogP contribution in [0.5, 0.6) is 17.4 Å². The van der Waals surface area contributed by atoms with Gasteiger partial charge < -0.3 is 20.1 Å². The number of halogens is 1. The monoisotopic (exact) mass is 519 g/mol. The molecule has 0 bridgehead atoms. The van der Waals surface area contributed by atoms with E-state index in [1.165, 1.54) is 18.6 Å². The van der Waals surface area contributed by atoms with Crippen LogP contribution in [0, 0.1) is 5.82 Å². The fourth-order valence-electron chi connectivity index (χ4n) is 4.13. The molecule has 0 atom stereocenters. The van der Waals surface area contributed by atoms with Crippen LogP contribution in [0.15, 0.2) is 42.9 Å². The first-order valence-electron chi connectivity index (χ1n) is 12.5. The number of aromatic amines is 1. The fourth-order valence-corrected chi connectivity index (χ4v) is 4.13. The van der Waals surface area contributed by atoms with Crippen molar-refractivity contribution in [2.45, 2.75) is 51.6 Å². The van der Waals surface area contributed by atoms with E-state index in [2.05, 4.69) is 35.8 Å². The number of pyridine rings is 1. The number of amides is 1. The first-order chi connectivity index (χ1) is 18.2. The first-order valence-corrected chi connectivity index (χ1v) is 12.5. The second-order valence-corrected chi connectivity index (χ2v) is 10.3. The number of aromatic nitrogens is 5. The Bertz CT molecular complexity index is 1440. The van der Waals surface area contributed by atoms with E-state index in [0.717, 1.165) is 31.6 Å². The van der Waals surface area contributed by atoms with Crippen molar-refractivity contribution in [3.63, 3.8) is 0 Å². The summed E-state index contributed by atoms with van der Waals surface area (Å²) in [6.45, 7) is 7.94. The molecule has 5 rings (SSSR count). The van der Waals surface area contributed by atoms with Gasteiger partial charge in [-0.25, -0.2) is 14.4 Å². The summed E-state index contributed by atoms with van der Waals surface area (Å²) < 4.78 is 26.9. The van der Waals surface area contributed by atoms with Gasteiger partial charge in [0.05, 0.1) is 29.2 Å². The molecule has 0 saturated carbocycles. The van der Waals surface area contributed by atoms with Crippen LogP contribution < -0.4 is 20.1 Å². The largest absolute Gasteiger partial charge is 0.490 e. The standard InChI is InChI=1S/C27H30FN7O3/c1-27(2,3)23-13-24(35-34-23)33-25(36)12-22-20(28)11-18(14-30-22)38-26-19-10-17(4-5-21(19)31-15-32-26)37-16-6-8-29-9-7-16/h4-5,10-11,13-16,29H,6-9,12H2,1-3H3,(H2,33,34,35,36). The van der Waals surface area contributed by atoms with Gasteiger partial charge >= 0.3 is 0 Å². The summed E-state index contributed by atoms with van der Waals surface area (Å²) in [5.41, 5.74) is 1.39. The van der Waals surface area contributed by atoms with Crippen LogP contribution in [-0.4, -0.2) is 50.2 Å². The third-order valence-corrected chi connectivity index (χ3v) is 6.25. The molecule has 11 heteroatoms. The van der Waals surface area contributed by atoms with Crippen molar-refractivity contribution in [3.8, 4) is 17.4 Å². The maximum absolute atomic E-state index is 14.8. The molecule has 1 fully saturated rings. The average molecular weight is 520 g/mol. The number of fused-ring (bicyclic) bond motifs is 1. The number of rotatable bonds is 7. The zero-order valence-corrected chi connectivity index (χ0v) is 21.5.